The van der Waals surface area contributed by atoms with Crippen molar-refractivity contribution >= 4 is 27.8 Å². The Labute approximate surface area is 205 Å². The third-order valence-electron chi connectivity index (χ3n) is 4.70. The fraction of sp³-hybridized carbons (Fsp3) is 0.154. The number of benzene rings is 3. The van der Waals surface area contributed by atoms with Crippen LogP contribution in [0.1, 0.15) is 12.5 Å². The first kappa shape index (κ1) is 25.5. The zero-order valence-electron chi connectivity index (χ0n) is 19.3. The number of carbonyl (C=O) groups is 1. The Bertz CT molecular complexity index is 1240. The van der Waals surface area contributed by atoms with Crippen LogP contribution in [0.4, 0.5) is 5.69 Å². The van der Waals surface area contributed by atoms with Gasteiger partial charge in [-0.1, -0.05) is 30.9 Å². The molecule has 3 aromatic rings. The summed E-state index contributed by atoms with van der Waals surface area (Å²) < 4.78 is 38.6. The first-order valence-corrected chi connectivity index (χ1v) is 12.3. The second-order valence-electron chi connectivity index (χ2n) is 7.21. The Balaban J connectivity index is 1.75. The molecule has 35 heavy (non-hydrogen) atoms. The first-order valence-electron chi connectivity index (χ1n) is 10.9. The molecule has 0 atom stereocenters. The van der Waals surface area contributed by atoms with Gasteiger partial charge in [0.25, 0.3) is 15.9 Å². The molecule has 0 radical (unpaired) electrons. The fourth-order valence-corrected chi connectivity index (χ4v) is 4.50. The summed E-state index contributed by atoms with van der Waals surface area (Å²) in [5.41, 5.74) is 3.45. The fourth-order valence-electron chi connectivity index (χ4n) is 3.06. The highest BCUT2D eigenvalue weighted by atomic mass is 32.2. The third kappa shape index (κ3) is 7.18. The van der Waals surface area contributed by atoms with Gasteiger partial charge in [0.1, 0.15) is 24.7 Å². The van der Waals surface area contributed by atoms with E-state index < -0.39 is 22.5 Å². The van der Waals surface area contributed by atoms with E-state index in [9.17, 15) is 13.2 Å². The van der Waals surface area contributed by atoms with Crippen molar-refractivity contribution in [3.63, 3.8) is 0 Å². The Morgan fingerprint density at radius 3 is 2.23 bits per heavy atom. The minimum atomic E-state index is -4.01. The molecule has 0 bridgehead atoms. The number of ether oxygens (including phenoxy) is 2. The molecule has 1 N–H and O–H groups in total. The van der Waals surface area contributed by atoms with Crippen LogP contribution in [0.2, 0.25) is 0 Å². The SMILES string of the molecule is C=CCOc1ccc(/C=N\NC(=O)CN(c2ccc(OCC)cc2)S(=O)(=O)c2ccccc2)cc1. The average molecular weight is 494 g/mol. The Morgan fingerprint density at radius 1 is 0.971 bits per heavy atom. The van der Waals surface area contributed by atoms with E-state index >= 15 is 0 Å². The van der Waals surface area contributed by atoms with Gasteiger partial charge in [-0.3, -0.25) is 9.10 Å². The Morgan fingerprint density at radius 2 is 1.60 bits per heavy atom. The van der Waals surface area contributed by atoms with Crippen LogP contribution in [-0.2, 0) is 14.8 Å². The topological polar surface area (TPSA) is 97.3 Å². The van der Waals surface area contributed by atoms with Gasteiger partial charge in [0.05, 0.1) is 23.4 Å². The molecule has 3 rings (SSSR count). The molecule has 0 aliphatic rings. The van der Waals surface area contributed by atoms with E-state index in [1.807, 2.05) is 6.92 Å². The predicted molar refractivity (Wildman–Crippen MR) is 136 cm³/mol. The standard InChI is InChI=1S/C26H27N3O5S/c1-3-18-34-24-14-10-21(11-15-24)19-27-28-26(30)20-29(22-12-16-23(17-13-22)33-4-2)35(31,32)25-8-6-5-7-9-25/h3,5-17,19H,1,4,18,20H2,2H3,(H,28,30)/b27-19-. The Hall–Kier alpha value is -4.11. The van der Waals surface area contributed by atoms with Gasteiger partial charge in [0.2, 0.25) is 0 Å². The number of carbonyl (C=O) groups excluding carboxylic acids is 1. The highest BCUT2D eigenvalue weighted by molar-refractivity contribution is 7.92. The normalized spacial score (nSPS) is 11.1. The van der Waals surface area contributed by atoms with Gasteiger partial charge in [-0.2, -0.15) is 5.10 Å². The minimum Gasteiger partial charge on any atom is -0.494 e. The molecule has 9 heteroatoms. The number of anilines is 1. The second-order valence-corrected chi connectivity index (χ2v) is 9.08. The maximum absolute atomic E-state index is 13.3. The molecule has 182 valence electrons. The smallest absolute Gasteiger partial charge is 0.264 e. The zero-order chi connectivity index (χ0) is 25.1. The molecule has 0 aromatic heterocycles. The van der Waals surface area contributed by atoms with Gasteiger partial charge in [0.15, 0.2) is 0 Å². The van der Waals surface area contributed by atoms with Crippen molar-refractivity contribution in [2.45, 2.75) is 11.8 Å². The van der Waals surface area contributed by atoms with Gasteiger partial charge < -0.3 is 9.47 Å². The van der Waals surface area contributed by atoms with Gasteiger partial charge >= 0.3 is 0 Å². The zero-order valence-corrected chi connectivity index (χ0v) is 20.1. The van der Waals surface area contributed by atoms with E-state index in [-0.39, 0.29) is 4.90 Å². The van der Waals surface area contributed by atoms with Crippen LogP contribution in [-0.4, -0.2) is 40.3 Å². The molecule has 0 aliphatic carbocycles. The second kappa shape index (κ2) is 12.4. The van der Waals surface area contributed by atoms with Crippen LogP contribution < -0.4 is 19.2 Å². The van der Waals surface area contributed by atoms with Crippen molar-refractivity contribution in [3.8, 4) is 11.5 Å². The number of amides is 1. The van der Waals surface area contributed by atoms with Crippen molar-refractivity contribution in [3.05, 3.63) is 97.1 Å². The number of hydrogen-bond acceptors (Lipinski definition) is 6. The Kier molecular flexibility index (Phi) is 9.02. The first-order chi connectivity index (χ1) is 16.9. The average Bonchev–Trinajstić information content (AvgIpc) is 2.88. The molecule has 0 aliphatic heterocycles. The summed E-state index contributed by atoms with van der Waals surface area (Å²) in [5.74, 6) is 0.687. The van der Waals surface area contributed by atoms with Crippen molar-refractivity contribution in [1.82, 2.24) is 5.43 Å². The van der Waals surface area contributed by atoms with Gasteiger partial charge in [-0.25, -0.2) is 13.8 Å². The highest BCUT2D eigenvalue weighted by Crippen LogP contribution is 2.25. The lowest BCUT2D eigenvalue weighted by Crippen LogP contribution is -2.39. The van der Waals surface area contributed by atoms with E-state index in [4.69, 9.17) is 9.47 Å². The van der Waals surface area contributed by atoms with Crippen LogP contribution in [0.25, 0.3) is 0 Å². The lowest BCUT2D eigenvalue weighted by Gasteiger charge is -2.24. The molecule has 3 aromatic carbocycles. The van der Waals surface area contributed by atoms with Gasteiger partial charge in [-0.05, 0) is 73.2 Å². The number of hydrazone groups is 1. The van der Waals surface area contributed by atoms with Crippen molar-refractivity contribution in [1.29, 1.82) is 0 Å². The predicted octanol–water partition coefficient (Wildman–Crippen LogP) is 4.00. The number of nitrogens with one attached hydrogen (secondary N) is 1. The maximum Gasteiger partial charge on any atom is 0.264 e. The molecule has 1 amide bonds. The van der Waals surface area contributed by atoms with Crippen LogP contribution in [0.15, 0.2) is 102 Å². The molecule has 8 nitrogen and oxygen atoms in total. The van der Waals surface area contributed by atoms with Crippen molar-refractivity contribution < 1.29 is 22.7 Å². The minimum absolute atomic E-state index is 0.0731. The lowest BCUT2D eigenvalue weighted by atomic mass is 10.2. The van der Waals surface area contributed by atoms with Crippen molar-refractivity contribution in [2.24, 2.45) is 5.10 Å². The van der Waals surface area contributed by atoms with E-state index in [1.54, 1.807) is 72.8 Å². The summed E-state index contributed by atoms with van der Waals surface area (Å²) in [6, 6.07) is 21.5. The molecule has 0 heterocycles. The summed E-state index contributed by atoms with van der Waals surface area (Å²) in [5, 5.41) is 3.95. The summed E-state index contributed by atoms with van der Waals surface area (Å²) >= 11 is 0. The number of nitrogens with zero attached hydrogens (tertiary/aromatic N) is 2. The summed E-state index contributed by atoms with van der Waals surface area (Å²) in [7, 11) is -4.01. The lowest BCUT2D eigenvalue weighted by molar-refractivity contribution is -0.119. The highest BCUT2D eigenvalue weighted by Gasteiger charge is 2.27. The molecular formula is C26H27N3O5S. The van der Waals surface area contributed by atoms with Crippen LogP contribution >= 0.6 is 0 Å². The monoisotopic (exact) mass is 493 g/mol. The maximum atomic E-state index is 13.3. The molecule has 0 saturated heterocycles. The summed E-state index contributed by atoms with van der Waals surface area (Å²) in [4.78, 5) is 12.7. The summed E-state index contributed by atoms with van der Waals surface area (Å²) in [6.45, 7) is 5.88. The largest absolute Gasteiger partial charge is 0.494 e. The van der Waals surface area contributed by atoms with E-state index in [2.05, 4.69) is 17.1 Å². The summed E-state index contributed by atoms with van der Waals surface area (Å²) in [6.07, 6.45) is 3.11. The van der Waals surface area contributed by atoms with Gasteiger partial charge in [-0.15, -0.1) is 0 Å². The van der Waals surface area contributed by atoms with Crippen LogP contribution in [0.5, 0.6) is 11.5 Å². The molecular weight excluding hydrogens is 466 g/mol. The van der Waals surface area contributed by atoms with Crippen LogP contribution in [0.3, 0.4) is 0 Å². The number of rotatable bonds is 12. The quantitative estimate of drug-likeness (QED) is 0.234. The van der Waals surface area contributed by atoms with E-state index in [1.165, 1.54) is 18.3 Å². The number of hydrogen-bond donors (Lipinski definition) is 1. The molecule has 0 unspecified atom stereocenters. The van der Waals surface area contributed by atoms with Crippen molar-refractivity contribution in [2.75, 3.05) is 24.1 Å². The third-order valence-corrected chi connectivity index (χ3v) is 6.49. The van der Waals surface area contributed by atoms with Crippen LogP contribution in [0, 0.1) is 0 Å². The molecule has 0 spiro atoms. The molecule has 0 fully saturated rings. The van der Waals surface area contributed by atoms with E-state index in [0.29, 0.717) is 30.4 Å². The number of sulfonamides is 1. The molecule has 0 saturated carbocycles. The van der Waals surface area contributed by atoms with E-state index in [0.717, 1.165) is 9.87 Å². The van der Waals surface area contributed by atoms with Gasteiger partial charge in [0, 0.05) is 0 Å².